The Labute approximate surface area is 166 Å². The maximum absolute atomic E-state index is 11.8. The van der Waals surface area contributed by atoms with Crippen LogP contribution in [-0.4, -0.2) is 49.4 Å². The van der Waals surface area contributed by atoms with E-state index >= 15 is 0 Å². The third kappa shape index (κ3) is 3.99. The number of carbonyl (C=O) groups is 1. The van der Waals surface area contributed by atoms with Gasteiger partial charge in [0.2, 0.25) is 5.91 Å². The van der Waals surface area contributed by atoms with E-state index in [4.69, 9.17) is 11.6 Å². The first-order chi connectivity index (χ1) is 13.2. The standard InChI is InChI=1S/C19H18ClN5OS/c20-15-3-5-16(6-4-15)25-18(14-7-9-21-10-8-14)22-23-19(25)27-13-12-24-11-1-2-17(24)26/h3-10H,1-2,11-13H2. The van der Waals surface area contributed by atoms with Gasteiger partial charge in [-0.3, -0.25) is 14.3 Å². The molecule has 8 heteroatoms. The quantitative estimate of drug-likeness (QED) is 0.591. The van der Waals surface area contributed by atoms with Crippen LogP contribution in [0.1, 0.15) is 12.8 Å². The van der Waals surface area contributed by atoms with E-state index in [0.717, 1.165) is 47.5 Å². The van der Waals surface area contributed by atoms with Crippen molar-refractivity contribution in [2.45, 2.75) is 18.0 Å². The summed E-state index contributed by atoms with van der Waals surface area (Å²) < 4.78 is 2.02. The number of thioether (sulfide) groups is 1. The molecule has 0 saturated carbocycles. The smallest absolute Gasteiger partial charge is 0.222 e. The molecule has 1 amide bonds. The average Bonchev–Trinajstić information content (AvgIpc) is 3.30. The molecule has 0 radical (unpaired) electrons. The fourth-order valence-corrected chi connectivity index (χ4v) is 4.10. The van der Waals surface area contributed by atoms with Crippen molar-refractivity contribution >= 4 is 29.3 Å². The number of hydrogen-bond acceptors (Lipinski definition) is 5. The van der Waals surface area contributed by atoms with Gasteiger partial charge in [-0.05, 0) is 42.8 Å². The van der Waals surface area contributed by atoms with E-state index < -0.39 is 0 Å². The normalized spacial score (nSPS) is 14.1. The Morgan fingerprint density at radius 2 is 1.85 bits per heavy atom. The second kappa shape index (κ2) is 8.10. The van der Waals surface area contributed by atoms with Crippen molar-refractivity contribution in [2.75, 3.05) is 18.8 Å². The molecule has 27 heavy (non-hydrogen) atoms. The molecule has 0 spiro atoms. The van der Waals surface area contributed by atoms with Gasteiger partial charge in [-0.15, -0.1) is 10.2 Å². The fraction of sp³-hybridized carbons (Fsp3) is 0.263. The summed E-state index contributed by atoms with van der Waals surface area (Å²) in [6.07, 6.45) is 5.10. The zero-order valence-corrected chi connectivity index (χ0v) is 16.2. The predicted molar refractivity (Wildman–Crippen MR) is 106 cm³/mol. The minimum atomic E-state index is 0.243. The van der Waals surface area contributed by atoms with E-state index in [1.807, 2.05) is 45.9 Å². The number of rotatable bonds is 6. The number of nitrogens with zero attached hydrogens (tertiary/aromatic N) is 5. The van der Waals surface area contributed by atoms with Gasteiger partial charge in [-0.1, -0.05) is 23.4 Å². The van der Waals surface area contributed by atoms with Crippen molar-refractivity contribution in [3.8, 4) is 17.1 Å². The van der Waals surface area contributed by atoms with Crippen molar-refractivity contribution in [3.05, 3.63) is 53.8 Å². The highest BCUT2D eigenvalue weighted by Gasteiger charge is 2.21. The first-order valence-corrected chi connectivity index (χ1v) is 10.1. The Balaban J connectivity index is 1.61. The fourth-order valence-electron chi connectivity index (χ4n) is 3.06. The molecular formula is C19H18ClN5OS. The third-order valence-corrected chi connectivity index (χ3v) is 5.58. The molecule has 2 aromatic heterocycles. The molecule has 3 heterocycles. The lowest BCUT2D eigenvalue weighted by atomic mass is 10.2. The zero-order chi connectivity index (χ0) is 18.6. The lowest BCUT2D eigenvalue weighted by Crippen LogP contribution is -2.27. The summed E-state index contributed by atoms with van der Waals surface area (Å²) >= 11 is 7.65. The molecule has 1 aromatic carbocycles. The zero-order valence-electron chi connectivity index (χ0n) is 14.6. The molecule has 0 N–H and O–H groups in total. The SMILES string of the molecule is O=C1CCCN1CCSc1nnc(-c2ccncc2)n1-c1ccc(Cl)cc1. The van der Waals surface area contributed by atoms with Crippen LogP contribution in [0.25, 0.3) is 17.1 Å². The molecule has 1 saturated heterocycles. The van der Waals surface area contributed by atoms with E-state index in [1.165, 1.54) is 0 Å². The molecule has 0 aliphatic carbocycles. The van der Waals surface area contributed by atoms with Crippen molar-refractivity contribution in [2.24, 2.45) is 0 Å². The second-order valence-corrected chi connectivity index (χ2v) is 7.69. The molecule has 1 aliphatic heterocycles. The molecule has 1 fully saturated rings. The summed E-state index contributed by atoms with van der Waals surface area (Å²) in [5.74, 6) is 1.76. The van der Waals surface area contributed by atoms with E-state index in [-0.39, 0.29) is 5.91 Å². The summed E-state index contributed by atoms with van der Waals surface area (Å²) in [6, 6.07) is 11.4. The largest absolute Gasteiger partial charge is 0.342 e. The maximum atomic E-state index is 11.8. The van der Waals surface area contributed by atoms with Gasteiger partial charge in [0.05, 0.1) is 0 Å². The van der Waals surface area contributed by atoms with E-state index in [1.54, 1.807) is 24.2 Å². The van der Waals surface area contributed by atoms with Crippen molar-refractivity contribution in [3.63, 3.8) is 0 Å². The van der Waals surface area contributed by atoms with Gasteiger partial charge >= 0.3 is 0 Å². The van der Waals surface area contributed by atoms with Crippen LogP contribution in [0, 0.1) is 0 Å². The molecule has 6 nitrogen and oxygen atoms in total. The molecule has 0 atom stereocenters. The summed E-state index contributed by atoms with van der Waals surface area (Å²) in [6.45, 7) is 1.58. The third-order valence-electron chi connectivity index (χ3n) is 4.42. The minimum absolute atomic E-state index is 0.243. The summed E-state index contributed by atoms with van der Waals surface area (Å²) in [7, 11) is 0. The van der Waals surface area contributed by atoms with Gasteiger partial charge in [0.1, 0.15) is 0 Å². The first-order valence-electron chi connectivity index (χ1n) is 8.75. The summed E-state index contributed by atoms with van der Waals surface area (Å²) in [5, 5.41) is 10.3. The van der Waals surface area contributed by atoms with Crippen LogP contribution in [0.2, 0.25) is 5.02 Å². The Morgan fingerprint density at radius 3 is 2.56 bits per heavy atom. The lowest BCUT2D eigenvalue weighted by Gasteiger charge is -2.15. The molecular weight excluding hydrogens is 382 g/mol. The van der Waals surface area contributed by atoms with Gasteiger partial charge in [0.15, 0.2) is 11.0 Å². The van der Waals surface area contributed by atoms with E-state index in [2.05, 4.69) is 15.2 Å². The second-order valence-electron chi connectivity index (χ2n) is 6.19. The van der Waals surface area contributed by atoms with Gasteiger partial charge in [0, 0.05) is 53.9 Å². The highest BCUT2D eigenvalue weighted by Crippen LogP contribution is 2.28. The van der Waals surface area contributed by atoms with E-state index in [0.29, 0.717) is 11.4 Å². The van der Waals surface area contributed by atoms with Crippen LogP contribution < -0.4 is 0 Å². The van der Waals surface area contributed by atoms with Crippen LogP contribution >= 0.6 is 23.4 Å². The van der Waals surface area contributed by atoms with E-state index in [9.17, 15) is 4.79 Å². The number of pyridine rings is 1. The van der Waals surface area contributed by atoms with Crippen molar-refractivity contribution in [1.82, 2.24) is 24.6 Å². The first kappa shape index (κ1) is 18.0. The molecule has 1 aliphatic rings. The van der Waals surface area contributed by atoms with Crippen molar-refractivity contribution in [1.29, 1.82) is 0 Å². The van der Waals surface area contributed by atoms with Gasteiger partial charge in [0.25, 0.3) is 0 Å². The topological polar surface area (TPSA) is 63.9 Å². The molecule has 4 rings (SSSR count). The number of likely N-dealkylation sites (tertiary alicyclic amines) is 1. The highest BCUT2D eigenvalue weighted by atomic mass is 35.5. The number of carbonyl (C=O) groups excluding carboxylic acids is 1. The number of hydrogen-bond donors (Lipinski definition) is 0. The Kier molecular flexibility index (Phi) is 5.40. The highest BCUT2D eigenvalue weighted by molar-refractivity contribution is 7.99. The Bertz CT molecular complexity index is 929. The van der Waals surface area contributed by atoms with Gasteiger partial charge < -0.3 is 4.90 Å². The Morgan fingerprint density at radius 1 is 1.07 bits per heavy atom. The van der Waals surface area contributed by atoms with Crippen LogP contribution in [0.4, 0.5) is 0 Å². The van der Waals surface area contributed by atoms with Gasteiger partial charge in [-0.2, -0.15) is 0 Å². The van der Waals surface area contributed by atoms with Crippen LogP contribution in [0.3, 0.4) is 0 Å². The molecule has 0 bridgehead atoms. The average molecular weight is 400 g/mol. The molecule has 138 valence electrons. The van der Waals surface area contributed by atoms with Crippen LogP contribution in [0.5, 0.6) is 0 Å². The Hall–Kier alpha value is -2.38. The minimum Gasteiger partial charge on any atom is -0.342 e. The summed E-state index contributed by atoms with van der Waals surface area (Å²) in [5.41, 5.74) is 1.88. The number of aromatic nitrogens is 4. The number of halogens is 1. The van der Waals surface area contributed by atoms with Crippen LogP contribution in [0.15, 0.2) is 53.9 Å². The summed E-state index contributed by atoms with van der Waals surface area (Å²) in [4.78, 5) is 17.8. The maximum Gasteiger partial charge on any atom is 0.222 e. The van der Waals surface area contributed by atoms with Crippen LogP contribution in [-0.2, 0) is 4.79 Å². The number of benzene rings is 1. The molecule has 3 aromatic rings. The number of amides is 1. The monoisotopic (exact) mass is 399 g/mol. The lowest BCUT2D eigenvalue weighted by molar-refractivity contribution is -0.127. The van der Waals surface area contributed by atoms with Gasteiger partial charge in [-0.25, -0.2) is 0 Å². The molecule has 0 unspecified atom stereocenters. The van der Waals surface area contributed by atoms with Crippen molar-refractivity contribution < 1.29 is 4.79 Å². The predicted octanol–water partition coefficient (Wildman–Crippen LogP) is 3.70.